The highest BCUT2D eigenvalue weighted by Gasteiger charge is 2.14. The van der Waals surface area contributed by atoms with Gasteiger partial charge < -0.3 is 4.74 Å². The molecule has 0 saturated heterocycles. The minimum atomic E-state index is -3.71. The Hall–Kier alpha value is -1.92. The quantitative estimate of drug-likeness (QED) is 0.852. The summed E-state index contributed by atoms with van der Waals surface area (Å²) in [5.74, 6) is 0.166. The lowest BCUT2D eigenvalue weighted by Gasteiger charge is -2.11. The highest BCUT2D eigenvalue weighted by molar-refractivity contribution is 7.89. The first-order valence-electron chi connectivity index (χ1n) is 6.99. The lowest BCUT2D eigenvalue weighted by molar-refractivity contribution is 0.336. The van der Waals surface area contributed by atoms with Crippen molar-refractivity contribution in [3.63, 3.8) is 0 Å². The Morgan fingerprint density at radius 3 is 2.64 bits per heavy atom. The van der Waals surface area contributed by atoms with E-state index in [4.69, 9.17) is 4.74 Å². The number of rotatable bonds is 7. The van der Waals surface area contributed by atoms with Gasteiger partial charge in [-0.05, 0) is 43.2 Å². The van der Waals surface area contributed by atoms with Crippen LogP contribution >= 0.6 is 0 Å². The van der Waals surface area contributed by atoms with Gasteiger partial charge in [0.2, 0.25) is 10.0 Å². The maximum absolute atomic E-state index is 13.1. The summed E-state index contributed by atoms with van der Waals surface area (Å²) in [6.07, 6.45) is 0.491. The number of para-hydroxylation sites is 1. The van der Waals surface area contributed by atoms with Crippen molar-refractivity contribution >= 4 is 10.0 Å². The summed E-state index contributed by atoms with van der Waals surface area (Å²) in [7, 11) is -3.71. The molecule has 0 bridgehead atoms. The van der Waals surface area contributed by atoms with Crippen LogP contribution in [0.25, 0.3) is 0 Å². The molecule has 0 radical (unpaired) electrons. The molecule has 2 rings (SSSR count). The zero-order chi connectivity index (χ0) is 16.0. The molecule has 0 spiro atoms. The van der Waals surface area contributed by atoms with Crippen molar-refractivity contribution < 1.29 is 17.5 Å². The Morgan fingerprint density at radius 2 is 1.91 bits per heavy atom. The van der Waals surface area contributed by atoms with Crippen LogP contribution in [0.1, 0.15) is 12.5 Å². The molecule has 0 fully saturated rings. The fourth-order valence-corrected chi connectivity index (χ4v) is 3.11. The van der Waals surface area contributed by atoms with E-state index in [1.165, 1.54) is 18.2 Å². The van der Waals surface area contributed by atoms with Gasteiger partial charge in [0, 0.05) is 6.54 Å². The van der Waals surface area contributed by atoms with E-state index < -0.39 is 15.8 Å². The third-order valence-corrected chi connectivity index (χ3v) is 4.52. The van der Waals surface area contributed by atoms with Crippen LogP contribution < -0.4 is 9.46 Å². The maximum Gasteiger partial charge on any atom is 0.240 e. The molecule has 2 aromatic rings. The van der Waals surface area contributed by atoms with Crippen LogP contribution in [0.2, 0.25) is 0 Å². The van der Waals surface area contributed by atoms with E-state index in [1.54, 1.807) is 0 Å². The van der Waals surface area contributed by atoms with Crippen LogP contribution in [0.5, 0.6) is 5.75 Å². The largest absolute Gasteiger partial charge is 0.494 e. The fourth-order valence-electron chi connectivity index (χ4n) is 2.04. The lowest BCUT2D eigenvalue weighted by atomic mass is 10.1. The molecule has 1 N–H and O–H groups in total. The molecule has 6 heteroatoms. The first-order valence-corrected chi connectivity index (χ1v) is 8.47. The van der Waals surface area contributed by atoms with Crippen LogP contribution in [0.3, 0.4) is 0 Å². The zero-order valence-corrected chi connectivity index (χ0v) is 13.1. The van der Waals surface area contributed by atoms with Crippen molar-refractivity contribution in [2.75, 3.05) is 13.2 Å². The van der Waals surface area contributed by atoms with Crippen molar-refractivity contribution in [1.82, 2.24) is 4.72 Å². The smallest absolute Gasteiger partial charge is 0.240 e. The fraction of sp³-hybridized carbons (Fsp3) is 0.250. The Balaban J connectivity index is 2.02. The van der Waals surface area contributed by atoms with Crippen LogP contribution in [0, 0.1) is 5.82 Å². The van der Waals surface area contributed by atoms with E-state index in [9.17, 15) is 12.8 Å². The second-order valence-electron chi connectivity index (χ2n) is 4.65. The summed E-state index contributed by atoms with van der Waals surface area (Å²) in [4.78, 5) is -0.0782. The highest BCUT2D eigenvalue weighted by atomic mass is 32.2. The molecule has 0 saturated carbocycles. The molecule has 0 aliphatic rings. The number of benzene rings is 2. The molecule has 4 nitrogen and oxygen atoms in total. The Morgan fingerprint density at radius 1 is 1.14 bits per heavy atom. The molecule has 0 unspecified atom stereocenters. The van der Waals surface area contributed by atoms with Crippen molar-refractivity contribution in [2.24, 2.45) is 0 Å². The first-order chi connectivity index (χ1) is 10.5. The normalized spacial score (nSPS) is 11.4. The minimum absolute atomic E-state index is 0.0782. The second-order valence-corrected chi connectivity index (χ2v) is 6.41. The molecule has 22 heavy (non-hydrogen) atoms. The standard InChI is InChI=1S/C16H18FNO3S/c1-2-21-16-9-4-3-6-13(16)10-11-18-22(19,20)15-8-5-7-14(17)12-15/h3-9,12,18H,2,10-11H2,1H3. The number of hydrogen-bond acceptors (Lipinski definition) is 3. The third-order valence-electron chi connectivity index (χ3n) is 3.07. The van der Waals surface area contributed by atoms with E-state index in [0.717, 1.165) is 17.4 Å². The van der Waals surface area contributed by atoms with E-state index in [-0.39, 0.29) is 11.4 Å². The van der Waals surface area contributed by atoms with Gasteiger partial charge in [-0.3, -0.25) is 0 Å². The molecule has 2 aromatic carbocycles. The van der Waals surface area contributed by atoms with E-state index >= 15 is 0 Å². The van der Waals surface area contributed by atoms with Crippen molar-refractivity contribution in [2.45, 2.75) is 18.2 Å². The van der Waals surface area contributed by atoms with Gasteiger partial charge in [-0.1, -0.05) is 24.3 Å². The predicted molar refractivity (Wildman–Crippen MR) is 82.9 cm³/mol. The Kier molecular flexibility index (Phi) is 5.51. The first kappa shape index (κ1) is 16.5. The van der Waals surface area contributed by atoms with Gasteiger partial charge in [0.1, 0.15) is 11.6 Å². The number of hydrogen-bond donors (Lipinski definition) is 1. The average molecular weight is 323 g/mol. The summed E-state index contributed by atoms with van der Waals surface area (Å²) < 4.78 is 45.2. The molecule has 0 aliphatic heterocycles. The molecular formula is C16H18FNO3S. The van der Waals surface area contributed by atoms with Gasteiger partial charge in [0.25, 0.3) is 0 Å². The summed E-state index contributed by atoms with van der Waals surface area (Å²) in [5.41, 5.74) is 0.922. The van der Waals surface area contributed by atoms with Crippen molar-refractivity contribution in [1.29, 1.82) is 0 Å². The number of ether oxygens (including phenoxy) is 1. The molecule has 118 valence electrons. The predicted octanol–water partition coefficient (Wildman–Crippen LogP) is 2.75. The van der Waals surface area contributed by atoms with Crippen LogP contribution in [0.4, 0.5) is 4.39 Å². The Labute approximate surface area is 130 Å². The van der Waals surface area contributed by atoms with Gasteiger partial charge in [-0.15, -0.1) is 0 Å². The average Bonchev–Trinajstić information content (AvgIpc) is 2.49. The molecular weight excluding hydrogens is 305 g/mol. The van der Waals surface area contributed by atoms with E-state index in [1.807, 2.05) is 31.2 Å². The maximum atomic E-state index is 13.1. The number of halogens is 1. The molecule has 0 heterocycles. The molecule has 0 atom stereocenters. The topological polar surface area (TPSA) is 55.4 Å². The number of sulfonamides is 1. The SMILES string of the molecule is CCOc1ccccc1CCNS(=O)(=O)c1cccc(F)c1. The van der Waals surface area contributed by atoms with Gasteiger partial charge in [-0.25, -0.2) is 17.5 Å². The Bertz CT molecular complexity index is 732. The van der Waals surface area contributed by atoms with Crippen LogP contribution in [-0.2, 0) is 16.4 Å². The lowest BCUT2D eigenvalue weighted by Crippen LogP contribution is -2.26. The minimum Gasteiger partial charge on any atom is -0.494 e. The van der Waals surface area contributed by atoms with Crippen molar-refractivity contribution in [3.05, 3.63) is 59.9 Å². The molecule has 0 amide bonds. The summed E-state index contributed by atoms with van der Waals surface area (Å²) in [5, 5.41) is 0. The molecule has 0 aliphatic carbocycles. The summed E-state index contributed by atoms with van der Waals surface area (Å²) in [6, 6.07) is 12.4. The molecule has 0 aromatic heterocycles. The zero-order valence-electron chi connectivity index (χ0n) is 12.3. The highest BCUT2D eigenvalue weighted by Crippen LogP contribution is 2.18. The van der Waals surface area contributed by atoms with Crippen molar-refractivity contribution in [3.8, 4) is 5.75 Å². The van der Waals surface area contributed by atoms with Crippen LogP contribution in [0.15, 0.2) is 53.4 Å². The number of nitrogens with one attached hydrogen (secondary N) is 1. The van der Waals surface area contributed by atoms with Crippen LogP contribution in [-0.4, -0.2) is 21.6 Å². The second kappa shape index (κ2) is 7.38. The van der Waals surface area contributed by atoms with Gasteiger partial charge in [-0.2, -0.15) is 0 Å². The van der Waals surface area contributed by atoms with Gasteiger partial charge in [0.15, 0.2) is 0 Å². The van der Waals surface area contributed by atoms with Gasteiger partial charge in [0.05, 0.1) is 11.5 Å². The van der Waals surface area contributed by atoms with Gasteiger partial charge >= 0.3 is 0 Å². The summed E-state index contributed by atoms with van der Waals surface area (Å²) in [6.45, 7) is 2.65. The van der Waals surface area contributed by atoms with E-state index in [2.05, 4.69) is 4.72 Å². The third kappa shape index (κ3) is 4.29. The monoisotopic (exact) mass is 323 g/mol. The van der Waals surface area contributed by atoms with E-state index in [0.29, 0.717) is 13.0 Å². The summed E-state index contributed by atoms with van der Waals surface area (Å²) >= 11 is 0.